The molecule has 0 aliphatic heterocycles. The summed E-state index contributed by atoms with van der Waals surface area (Å²) in [6.45, 7) is 5.10. The van der Waals surface area contributed by atoms with Gasteiger partial charge >= 0.3 is 5.97 Å². The van der Waals surface area contributed by atoms with E-state index in [1.54, 1.807) is 0 Å². The van der Waals surface area contributed by atoms with E-state index in [1.165, 1.54) is 25.2 Å². The van der Waals surface area contributed by atoms with Crippen molar-refractivity contribution in [2.45, 2.75) is 27.3 Å². The zero-order chi connectivity index (χ0) is 13.0. The third-order valence-corrected chi connectivity index (χ3v) is 3.14. The summed E-state index contributed by atoms with van der Waals surface area (Å²) in [5, 5.41) is 14.2. The second kappa shape index (κ2) is 5.58. The maximum absolute atomic E-state index is 11.6. The van der Waals surface area contributed by atoms with Crippen LogP contribution in [0.1, 0.15) is 24.5 Å². The van der Waals surface area contributed by atoms with Gasteiger partial charge in [-0.3, -0.25) is 4.79 Å². The summed E-state index contributed by atoms with van der Waals surface area (Å²) in [6, 6.07) is 0. The number of nitrogens with zero attached hydrogens (tertiary/aromatic N) is 1. The molecular formula is C11H14N2O3S. The number of carboxylic acid groups (broad SMARTS) is 1. The Morgan fingerprint density at radius 3 is 2.53 bits per heavy atom. The van der Waals surface area contributed by atoms with Crippen molar-refractivity contribution >= 4 is 23.2 Å². The second-order valence-corrected chi connectivity index (χ2v) is 4.66. The van der Waals surface area contributed by atoms with Crippen LogP contribution in [0.25, 0.3) is 0 Å². The lowest BCUT2D eigenvalue weighted by Gasteiger charge is -2.05. The second-order valence-electron chi connectivity index (χ2n) is 3.60. The van der Waals surface area contributed by atoms with Crippen LogP contribution in [0.4, 0.5) is 0 Å². The Morgan fingerprint density at radius 2 is 2.06 bits per heavy atom. The summed E-state index contributed by atoms with van der Waals surface area (Å²) in [7, 11) is 0. The van der Waals surface area contributed by atoms with Crippen LogP contribution in [0.3, 0.4) is 0 Å². The molecule has 1 aromatic rings. The molecule has 0 spiro atoms. The first-order valence-corrected chi connectivity index (χ1v) is 5.89. The number of aliphatic carboxylic acids is 1. The van der Waals surface area contributed by atoms with Crippen molar-refractivity contribution in [3.05, 3.63) is 27.2 Å². The Balaban J connectivity index is 2.62. The molecule has 0 unspecified atom stereocenters. The molecule has 1 amide bonds. The van der Waals surface area contributed by atoms with Gasteiger partial charge in [0.15, 0.2) is 0 Å². The molecule has 1 heterocycles. The van der Waals surface area contributed by atoms with Gasteiger partial charge in [0, 0.05) is 16.5 Å². The molecule has 0 saturated heterocycles. The highest BCUT2D eigenvalue weighted by molar-refractivity contribution is 7.09. The summed E-state index contributed by atoms with van der Waals surface area (Å²) in [4.78, 5) is 26.5. The van der Waals surface area contributed by atoms with Gasteiger partial charge in [-0.1, -0.05) is 0 Å². The maximum atomic E-state index is 11.6. The number of carbonyl (C=O) groups is 2. The van der Waals surface area contributed by atoms with E-state index in [4.69, 9.17) is 5.11 Å². The van der Waals surface area contributed by atoms with Crippen LogP contribution < -0.4 is 5.32 Å². The number of aryl methyl sites for hydroxylation is 1. The van der Waals surface area contributed by atoms with E-state index in [2.05, 4.69) is 10.3 Å². The minimum absolute atomic E-state index is 0.0527. The lowest BCUT2D eigenvalue weighted by molar-refractivity contribution is -0.133. The number of hydrogen-bond acceptors (Lipinski definition) is 4. The number of amides is 1. The predicted octanol–water partition coefficient (Wildman–Crippen LogP) is 1.49. The van der Waals surface area contributed by atoms with E-state index in [0.717, 1.165) is 10.7 Å². The fraction of sp³-hybridized carbons (Fsp3) is 0.364. The first-order valence-electron chi connectivity index (χ1n) is 5.01. The number of aromatic nitrogens is 1. The van der Waals surface area contributed by atoms with Crippen LogP contribution in [-0.2, 0) is 16.1 Å². The van der Waals surface area contributed by atoms with Crippen molar-refractivity contribution in [1.82, 2.24) is 10.3 Å². The van der Waals surface area contributed by atoms with E-state index in [-0.39, 0.29) is 17.1 Å². The minimum atomic E-state index is -1.08. The van der Waals surface area contributed by atoms with Crippen LogP contribution in [-0.4, -0.2) is 22.0 Å². The normalized spacial score (nSPS) is 11.9. The Bertz CT molecular complexity index is 477. The Kier molecular flexibility index (Phi) is 4.39. The van der Waals surface area contributed by atoms with Crippen molar-refractivity contribution in [2.24, 2.45) is 0 Å². The topological polar surface area (TPSA) is 79.3 Å². The number of thiazole rings is 1. The quantitative estimate of drug-likeness (QED) is 0.798. The van der Waals surface area contributed by atoms with Gasteiger partial charge in [0.2, 0.25) is 5.91 Å². The molecular weight excluding hydrogens is 240 g/mol. The third-order valence-electron chi connectivity index (χ3n) is 2.32. The van der Waals surface area contributed by atoms with Crippen LogP contribution in [0.2, 0.25) is 0 Å². The number of hydrogen-bond donors (Lipinski definition) is 2. The molecule has 5 nitrogen and oxygen atoms in total. The number of rotatable bonds is 4. The predicted molar refractivity (Wildman–Crippen MR) is 64.7 cm³/mol. The average Bonchev–Trinajstić information content (AvgIpc) is 2.69. The molecule has 0 radical (unpaired) electrons. The monoisotopic (exact) mass is 254 g/mol. The molecule has 0 aliphatic rings. The molecule has 0 saturated carbocycles. The van der Waals surface area contributed by atoms with Crippen molar-refractivity contribution in [3.63, 3.8) is 0 Å². The summed E-state index contributed by atoms with van der Waals surface area (Å²) in [5.41, 5.74) is 1.04. The molecule has 92 valence electrons. The van der Waals surface area contributed by atoms with E-state index < -0.39 is 5.97 Å². The van der Waals surface area contributed by atoms with E-state index in [1.807, 2.05) is 12.3 Å². The van der Waals surface area contributed by atoms with Crippen LogP contribution in [0.5, 0.6) is 0 Å². The van der Waals surface area contributed by atoms with Crippen LogP contribution in [0, 0.1) is 6.92 Å². The third kappa shape index (κ3) is 3.67. The molecule has 0 aliphatic carbocycles. The first-order chi connectivity index (χ1) is 7.91. The zero-order valence-electron chi connectivity index (χ0n) is 9.90. The number of carboxylic acids is 1. The van der Waals surface area contributed by atoms with Gasteiger partial charge in [0.05, 0.1) is 17.2 Å². The number of carbonyl (C=O) groups excluding carboxylic acids is 1. The lowest BCUT2D eigenvalue weighted by Crippen LogP contribution is -2.25. The molecule has 0 aromatic carbocycles. The standard InChI is InChI=1S/C11H14N2O3S/c1-6(7(2)11(15)16)10(14)12-4-9-5-17-8(3)13-9/h5H,4H2,1-3H3,(H,12,14)(H,15,16)/b7-6-. The Labute approximate surface area is 103 Å². The fourth-order valence-electron chi connectivity index (χ4n) is 1.12. The van der Waals surface area contributed by atoms with E-state index >= 15 is 0 Å². The Morgan fingerprint density at radius 1 is 1.41 bits per heavy atom. The van der Waals surface area contributed by atoms with Crippen molar-refractivity contribution in [2.75, 3.05) is 0 Å². The van der Waals surface area contributed by atoms with E-state index in [0.29, 0.717) is 6.54 Å². The molecule has 2 N–H and O–H groups in total. The Hall–Kier alpha value is -1.69. The summed E-state index contributed by atoms with van der Waals surface area (Å²) in [6.07, 6.45) is 0. The van der Waals surface area contributed by atoms with Gasteiger partial charge < -0.3 is 10.4 Å². The average molecular weight is 254 g/mol. The molecule has 0 bridgehead atoms. The maximum Gasteiger partial charge on any atom is 0.331 e. The summed E-state index contributed by atoms with van der Waals surface area (Å²) >= 11 is 1.51. The highest BCUT2D eigenvalue weighted by atomic mass is 32.1. The largest absolute Gasteiger partial charge is 0.478 e. The van der Waals surface area contributed by atoms with Crippen molar-refractivity contribution < 1.29 is 14.7 Å². The van der Waals surface area contributed by atoms with Gasteiger partial charge in [-0.2, -0.15) is 0 Å². The first kappa shape index (κ1) is 13.4. The molecule has 0 atom stereocenters. The summed E-state index contributed by atoms with van der Waals surface area (Å²) < 4.78 is 0. The lowest BCUT2D eigenvalue weighted by atomic mass is 10.1. The smallest absolute Gasteiger partial charge is 0.331 e. The van der Waals surface area contributed by atoms with Gasteiger partial charge in [-0.25, -0.2) is 9.78 Å². The highest BCUT2D eigenvalue weighted by Gasteiger charge is 2.12. The van der Waals surface area contributed by atoms with Crippen molar-refractivity contribution in [1.29, 1.82) is 0 Å². The van der Waals surface area contributed by atoms with Crippen LogP contribution in [0.15, 0.2) is 16.5 Å². The van der Waals surface area contributed by atoms with Gasteiger partial charge in [-0.05, 0) is 20.8 Å². The fourth-order valence-corrected chi connectivity index (χ4v) is 1.74. The van der Waals surface area contributed by atoms with E-state index in [9.17, 15) is 9.59 Å². The molecule has 6 heteroatoms. The molecule has 0 fully saturated rings. The van der Waals surface area contributed by atoms with Gasteiger partial charge in [0.25, 0.3) is 0 Å². The SMILES string of the molecule is C/C(C(=O)O)=C(\C)C(=O)NCc1csc(C)n1. The van der Waals surface area contributed by atoms with Gasteiger partial charge in [0.1, 0.15) is 0 Å². The molecule has 1 rings (SSSR count). The van der Waals surface area contributed by atoms with Gasteiger partial charge in [-0.15, -0.1) is 11.3 Å². The minimum Gasteiger partial charge on any atom is -0.478 e. The summed E-state index contributed by atoms with van der Waals surface area (Å²) in [5.74, 6) is -1.46. The highest BCUT2D eigenvalue weighted by Crippen LogP contribution is 2.08. The van der Waals surface area contributed by atoms with Crippen LogP contribution >= 0.6 is 11.3 Å². The molecule has 1 aromatic heterocycles. The zero-order valence-corrected chi connectivity index (χ0v) is 10.7. The van der Waals surface area contributed by atoms with Crippen molar-refractivity contribution in [3.8, 4) is 0 Å². The number of nitrogens with one attached hydrogen (secondary N) is 1. The molecule has 17 heavy (non-hydrogen) atoms.